The number of hydrogen-bond donors (Lipinski definition) is 1. The standard InChI is InChI=1S/C30H32N8O5/c1-2-36-28-24(23(15-3-4-15)25(29(36)40)32-27(39)16-5-6-20-21(12-16)35-43-34-20)26(33-38(28)18-7-9-42-10-8-18)30(41)37-19(14-31)11-17-13-22(17)37/h5-6,12,15,17-19,22-23,25H,2-4,7-11,13H2,1H3,(H,32,39)/t17-,19-,22+,23-,25-/m0/s1. The number of fused-ring (bicyclic) bond motifs is 3. The van der Waals surface area contributed by atoms with Gasteiger partial charge in [-0.1, -0.05) is 0 Å². The number of likely N-dealkylation sites (N-methyl/N-ethyl adjacent to an activating group) is 1. The van der Waals surface area contributed by atoms with E-state index in [1.165, 1.54) is 0 Å². The van der Waals surface area contributed by atoms with E-state index in [0.29, 0.717) is 60.2 Å². The molecule has 0 radical (unpaired) electrons. The number of carbonyl (C=O) groups is 3. The summed E-state index contributed by atoms with van der Waals surface area (Å²) < 4.78 is 12.3. The van der Waals surface area contributed by atoms with Gasteiger partial charge in [-0.2, -0.15) is 10.4 Å². The van der Waals surface area contributed by atoms with E-state index in [1.54, 1.807) is 28.0 Å². The van der Waals surface area contributed by atoms with Crippen molar-refractivity contribution in [2.75, 3.05) is 24.7 Å². The minimum atomic E-state index is -0.878. The summed E-state index contributed by atoms with van der Waals surface area (Å²) in [6.07, 6.45) is 4.80. The Hall–Kier alpha value is -4.31. The molecular weight excluding hydrogens is 552 g/mol. The Kier molecular flexibility index (Phi) is 6.04. The number of amides is 3. The third kappa shape index (κ3) is 4.14. The minimum absolute atomic E-state index is 0.0290. The normalized spacial score (nSPS) is 28.5. The van der Waals surface area contributed by atoms with Crippen LogP contribution in [0.3, 0.4) is 0 Å². The van der Waals surface area contributed by atoms with Gasteiger partial charge in [0.2, 0.25) is 0 Å². The van der Waals surface area contributed by atoms with Gasteiger partial charge in [0, 0.05) is 42.8 Å². The fourth-order valence-corrected chi connectivity index (χ4v) is 7.50. The van der Waals surface area contributed by atoms with Gasteiger partial charge in [0.15, 0.2) is 5.69 Å². The van der Waals surface area contributed by atoms with Crippen LogP contribution in [0.25, 0.3) is 11.0 Å². The van der Waals surface area contributed by atoms with Crippen molar-refractivity contribution >= 4 is 34.6 Å². The highest BCUT2D eigenvalue weighted by atomic mass is 16.6. The van der Waals surface area contributed by atoms with E-state index in [-0.39, 0.29) is 29.8 Å². The Morgan fingerprint density at radius 1 is 1.09 bits per heavy atom. The smallest absolute Gasteiger partial charge is 0.276 e. The summed E-state index contributed by atoms with van der Waals surface area (Å²) in [6, 6.07) is 5.87. The second kappa shape index (κ2) is 9.87. The van der Waals surface area contributed by atoms with Gasteiger partial charge in [-0.25, -0.2) is 9.31 Å². The van der Waals surface area contributed by atoms with Crippen LogP contribution in [0.4, 0.5) is 5.82 Å². The number of carbonyl (C=O) groups excluding carboxylic acids is 3. The van der Waals surface area contributed by atoms with Gasteiger partial charge in [-0.3, -0.25) is 19.3 Å². The molecule has 2 saturated heterocycles. The molecule has 1 aromatic carbocycles. The molecule has 4 fully saturated rings. The molecule has 2 saturated carbocycles. The van der Waals surface area contributed by atoms with Crippen LogP contribution >= 0.6 is 0 Å². The minimum Gasteiger partial charge on any atom is -0.381 e. The second-order valence-corrected chi connectivity index (χ2v) is 12.4. The molecule has 5 heterocycles. The fraction of sp³-hybridized carbons (Fsp3) is 0.567. The van der Waals surface area contributed by atoms with Crippen LogP contribution in [0.2, 0.25) is 0 Å². The lowest BCUT2D eigenvalue weighted by Crippen LogP contribution is -2.56. The molecule has 3 amide bonds. The third-order valence-corrected chi connectivity index (χ3v) is 9.88. The van der Waals surface area contributed by atoms with E-state index in [0.717, 1.165) is 37.7 Å². The summed E-state index contributed by atoms with van der Waals surface area (Å²) in [5, 5.41) is 25.6. The summed E-state index contributed by atoms with van der Waals surface area (Å²) in [4.78, 5) is 45.7. The average molecular weight is 585 g/mol. The van der Waals surface area contributed by atoms with Crippen molar-refractivity contribution < 1.29 is 23.7 Å². The quantitative estimate of drug-likeness (QED) is 0.459. The Morgan fingerprint density at radius 2 is 1.88 bits per heavy atom. The van der Waals surface area contributed by atoms with Gasteiger partial charge in [0.1, 0.15) is 28.9 Å². The molecule has 8 rings (SSSR count). The maximum atomic E-state index is 14.4. The van der Waals surface area contributed by atoms with Crippen LogP contribution < -0.4 is 10.2 Å². The highest BCUT2D eigenvalue weighted by molar-refractivity contribution is 6.07. The van der Waals surface area contributed by atoms with Gasteiger partial charge in [0.25, 0.3) is 17.7 Å². The predicted octanol–water partition coefficient (Wildman–Crippen LogP) is 2.56. The molecule has 5 atom stereocenters. The van der Waals surface area contributed by atoms with E-state index < -0.39 is 23.9 Å². The summed E-state index contributed by atoms with van der Waals surface area (Å²) in [6.45, 7) is 3.40. The molecule has 0 unspecified atom stereocenters. The van der Waals surface area contributed by atoms with Crippen LogP contribution in [0, 0.1) is 23.2 Å². The second-order valence-electron chi connectivity index (χ2n) is 12.4. The van der Waals surface area contributed by atoms with Crippen molar-refractivity contribution in [3.63, 3.8) is 0 Å². The van der Waals surface area contributed by atoms with E-state index in [9.17, 15) is 19.6 Å². The molecule has 2 aromatic heterocycles. The SMILES string of the molecule is CCN1C(=O)[C@@H](NC(=O)c2ccc3nonc3c2)[C@@H](C2CC2)c2c(C(=O)N3[C@H](C#N)C[C@H]4C[C@H]43)nn(C3CCOCC3)c21. The molecule has 222 valence electrons. The van der Waals surface area contributed by atoms with Crippen LogP contribution in [-0.2, 0) is 9.53 Å². The zero-order valence-corrected chi connectivity index (χ0v) is 23.8. The first-order valence-corrected chi connectivity index (χ1v) is 15.3. The molecule has 2 aliphatic carbocycles. The van der Waals surface area contributed by atoms with E-state index in [2.05, 4.69) is 21.7 Å². The largest absolute Gasteiger partial charge is 0.381 e. The molecule has 3 aliphatic heterocycles. The molecule has 13 heteroatoms. The van der Waals surface area contributed by atoms with Crippen molar-refractivity contribution in [3.8, 4) is 6.07 Å². The predicted molar refractivity (Wildman–Crippen MR) is 150 cm³/mol. The molecule has 5 aliphatic rings. The van der Waals surface area contributed by atoms with Gasteiger partial charge >= 0.3 is 0 Å². The number of benzene rings is 1. The van der Waals surface area contributed by atoms with Crippen molar-refractivity contribution in [1.29, 1.82) is 5.26 Å². The van der Waals surface area contributed by atoms with Crippen LogP contribution in [-0.4, -0.2) is 80.6 Å². The fourth-order valence-electron chi connectivity index (χ4n) is 7.50. The Morgan fingerprint density at radius 3 is 2.63 bits per heavy atom. The van der Waals surface area contributed by atoms with Crippen molar-refractivity contribution in [2.24, 2.45) is 11.8 Å². The first-order valence-electron chi connectivity index (χ1n) is 15.3. The van der Waals surface area contributed by atoms with Crippen LogP contribution in [0.15, 0.2) is 22.8 Å². The lowest BCUT2D eigenvalue weighted by molar-refractivity contribution is -0.121. The maximum absolute atomic E-state index is 14.4. The molecule has 0 spiro atoms. The number of anilines is 1. The molecule has 43 heavy (non-hydrogen) atoms. The van der Waals surface area contributed by atoms with E-state index in [4.69, 9.17) is 14.5 Å². The molecular formula is C30H32N8O5. The highest BCUT2D eigenvalue weighted by Crippen LogP contribution is 2.53. The van der Waals surface area contributed by atoms with Crippen molar-refractivity contribution in [2.45, 2.75) is 75.5 Å². The van der Waals surface area contributed by atoms with E-state index in [1.807, 2.05) is 11.6 Å². The van der Waals surface area contributed by atoms with Crippen molar-refractivity contribution in [3.05, 3.63) is 35.0 Å². The number of piperidine rings is 1. The summed E-state index contributed by atoms with van der Waals surface area (Å²) in [7, 11) is 0. The molecule has 13 nitrogen and oxygen atoms in total. The number of nitriles is 1. The third-order valence-electron chi connectivity index (χ3n) is 9.88. The summed E-state index contributed by atoms with van der Waals surface area (Å²) in [5.41, 5.74) is 2.35. The average Bonchev–Trinajstić information content (AvgIpc) is 3.88. The zero-order chi connectivity index (χ0) is 29.4. The zero-order valence-electron chi connectivity index (χ0n) is 23.8. The lowest BCUT2D eigenvalue weighted by atomic mass is 9.82. The van der Waals surface area contributed by atoms with Gasteiger partial charge in [-0.15, -0.1) is 0 Å². The van der Waals surface area contributed by atoms with Crippen LogP contribution in [0.5, 0.6) is 0 Å². The molecule has 3 aromatic rings. The Balaban J connectivity index is 1.24. The first-order chi connectivity index (χ1) is 21.0. The van der Waals surface area contributed by atoms with Gasteiger partial charge < -0.3 is 15.0 Å². The number of nitrogens with one attached hydrogen (secondary N) is 1. The Labute approximate surface area is 247 Å². The number of aromatic nitrogens is 4. The highest BCUT2D eigenvalue weighted by Gasteiger charge is 2.57. The van der Waals surface area contributed by atoms with Crippen LogP contribution in [0.1, 0.15) is 83.8 Å². The number of nitrogens with zero attached hydrogens (tertiary/aromatic N) is 7. The Bertz CT molecular complexity index is 1680. The molecule has 0 bridgehead atoms. The van der Waals surface area contributed by atoms with Gasteiger partial charge in [0.05, 0.1) is 12.1 Å². The van der Waals surface area contributed by atoms with Crippen molar-refractivity contribution in [1.82, 2.24) is 30.3 Å². The number of ether oxygens (including phenoxy) is 1. The maximum Gasteiger partial charge on any atom is 0.276 e. The number of rotatable bonds is 6. The van der Waals surface area contributed by atoms with Gasteiger partial charge in [-0.05, 0) is 85.8 Å². The van der Waals surface area contributed by atoms with E-state index >= 15 is 0 Å². The summed E-state index contributed by atoms with van der Waals surface area (Å²) >= 11 is 0. The number of hydrogen-bond acceptors (Lipinski definition) is 9. The monoisotopic (exact) mass is 584 g/mol. The lowest BCUT2D eigenvalue weighted by Gasteiger charge is -2.39. The summed E-state index contributed by atoms with van der Waals surface area (Å²) in [5.74, 6) is -0.161. The number of likely N-dealkylation sites (tertiary alicyclic amines) is 1. The first kappa shape index (κ1) is 26.3. The molecule has 1 N–H and O–H groups in total. The topological polar surface area (TPSA) is 159 Å².